The predicted molar refractivity (Wildman–Crippen MR) is 113 cm³/mol. The van der Waals surface area contributed by atoms with E-state index in [-0.39, 0.29) is 24.3 Å². The molecule has 0 aliphatic rings. The van der Waals surface area contributed by atoms with E-state index < -0.39 is 5.97 Å². The zero-order chi connectivity index (χ0) is 21.9. The van der Waals surface area contributed by atoms with Gasteiger partial charge in [-0.3, -0.25) is 9.59 Å². The van der Waals surface area contributed by atoms with Gasteiger partial charge in [0.15, 0.2) is 6.61 Å². The number of aromatic nitrogens is 1. The Labute approximate surface area is 175 Å². The third-order valence-corrected chi connectivity index (χ3v) is 5.97. The van der Waals surface area contributed by atoms with E-state index in [0.717, 1.165) is 21.8 Å². The normalized spacial score (nSPS) is 12.0. The molecule has 0 radical (unpaired) electrons. The van der Waals surface area contributed by atoms with E-state index in [4.69, 9.17) is 9.47 Å². The fourth-order valence-electron chi connectivity index (χ4n) is 3.46. The maximum absolute atomic E-state index is 12.7. The first kappa shape index (κ1) is 22.8. The molecule has 1 amide bonds. The number of Topliss-reactive ketones (excluding diaryl/α,β-unsaturated/α-hetero) is 1. The molecule has 0 bridgehead atoms. The summed E-state index contributed by atoms with van der Waals surface area (Å²) in [5.74, 6) is -1.16. The van der Waals surface area contributed by atoms with Crippen LogP contribution in [0.1, 0.15) is 62.4 Å². The number of thiophene rings is 1. The number of ketones is 1. The van der Waals surface area contributed by atoms with Crippen LogP contribution in [0.4, 0.5) is 5.00 Å². The van der Waals surface area contributed by atoms with Crippen LogP contribution in [0.15, 0.2) is 6.07 Å². The second-order valence-corrected chi connectivity index (χ2v) is 8.35. The summed E-state index contributed by atoms with van der Waals surface area (Å²) in [6.45, 7) is 11.0. The van der Waals surface area contributed by atoms with Crippen LogP contribution in [-0.4, -0.2) is 42.6 Å². The zero-order valence-electron chi connectivity index (χ0n) is 18.0. The number of amides is 1. The molecule has 0 saturated carbocycles. The van der Waals surface area contributed by atoms with Crippen LogP contribution < -0.4 is 5.32 Å². The van der Waals surface area contributed by atoms with Crippen molar-refractivity contribution in [2.75, 3.05) is 25.6 Å². The molecule has 0 aliphatic carbocycles. The lowest BCUT2D eigenvalue weighted by atomic mass is 10.1. The van der Waals surface area contributed by atoms with Gasteiger partial charge in [-0.15, -0.1) is 11.3 Å². The van der Waals surface area contributed by atoms with Crippen molar-refractivity contribution < 1.29 is 23.9 Å². The van der Waals surface area contributed by atoms with Crippen molar-refractivity contribution >= 4 is 34.0 Å². The molecule has 0 aromatic carbocycles. The Bertz CT molecular complexity index is 942. The second kappa shape index (κ2) is 9.37. The Balaban J connectivity index is 2.17. The number of aryl methyl sites for hydroxylation is 2. The molecule has 0 unspecified atom stereocenters. The molecule has 2 rings (SSSR count). The highest BCUT2D eigenvalue weighted by molar-refractivity contribution is 7.16. The van der Waals surface area contributed by atoms with Gasteiger partial charge in [-0.1, -0.05) is 0 Å². The summed E-state index contributed by atoms with van der Waals surface area (Å²) in [4.78, 5) is 37.7. The fourth-order valence-corrected chi connectivity index (χ4v) is 4.55. The zero-order valence-corrected chi connectivity index (χ0v) is 18.8. The van der Waals surface area contributed by atoms with Gasteiger partial charge in [0, 0.05) is 35.9 Å². The number of carbonyl (C=O) groups is 3. The molecule has 8 heteroatoms. The quantitative estimate of drug-likeness (QED) is 0.515. The molecule has 1 N–H and O–H groups in total. The van der Waals surface area contributed by atoms with Gasteiger partial charge >= 0.3 is 5.97 Å². The van der Waals surface area contributed by atoms with E-state index in [1.54, 1.807) is 20.1 Å². The first-order valence-corrected chi connectivity index (χ1v) is 10.1. The van der Waals surface area contributed by atoms with Gasteiger partial charge in [0.1, 0.15) is 5.00 Å². The van der Waals surface area contributed by atoms with Gasteiger partial charge in [-0.05, 0) is 46.2 Å². The first-order valence-electron chi connectivity index (χ1n) is 9.33. The molecule has 0 saturated heterocycles. The minimum Gasteiger partial charge on any atom is -0.454 e. The molecule has 29 heavy (non-hydrogen) atoms. The van der Waals surface area contributed by atoms with Crippen LogP contribution in [0.5, 0.6) is 0 Å². The molecule has 0 aliphatic heterocycles. The van der Waals surface area contributed by atoms with Crippen LogP contribution in [0.25, 0.3) is 0 Å². The predicted octanol–water partition coefficient (Wildman–Crippen LogP) is 3.99. The minimum absolute atomic E-state index is 0.0840. The third-order valence-electron chi connectivity index (χ3n) is 4.85. The number of rotatable bonds is 8. The first-order chi connectivity index (χ1) is 13.6. The number of hydrogen-bond acceptors (Lipinski definition) is 6. The highest BCUT2D eigenvalue weighted by Crippen LogP contribution is 2.33. The van der Waals surface area contributed by atoms with Crippen molar-refractivity contribution in [2.45, 2.75) is 47.6 Å². The van der Waals surface area contributed by atoms with Crippen molar-refractivity contribution in [3.63, 3.8) is 0 Å². The molecular weight excluding hydrogens is 392 g/mol. The number of esters is 1. The summed E-state index contributed by atoms with van der Waals surface area (Å²) in [7, 11) is 1.64. The summed E-state index contributed by atoms with van der Waals surface area (Å²) >= 11 is 1.31. The summed E-state index contributed by atoms with van der Waals surface area (Å²) in [6.07, 6.45) is 0. The van der Waals surface area contributed by atoms with Gasteiger partial charge < -0.3 is 19.4 Å². The average Bonchev–Trinajstić information content (AvgIpc) is 3.07. The van der Waals surface area contributed by atoms with Gasteiger partial charge in [-0.2, -0.15) is 0 Å². The lowest BCUT2D eigenvalue weighted by Gasteiger charge is -2.17. The van der Waals surface area contributed by atoms with Gasteiger partial charge in [0.2, 0.25) is 11.7 Å². The fraction of sp³-hybridized carbons (Fsp3) is 0.476. The molecule has 0 fully saturated rings. The number of ether oxygens (including phenoxy) is 2. The van der Waals surface area contributed by atoms with Crippen molar-refractivity contribution in [3.8, 4) is 0 Å². The largest absolute Gasteiger partial charge is 0.454 e. The second-order valence-electron chi connectivity index (χ2n) is 7.13. The monoisotopic (exact) mass is 420 g/mol. The number of anilines is 1. The van der Waals surface area contributed by atoms with Gasteiger partial charge in [-0.25, -0.2) is 4.79 Å². The van der Waals surface area contributed by atoms with Crippen molar-refractivity contribution in [1.29, 1.82) is 0 Å². The summed E-state index contributed by atoms with van der Waals surface area (Å²) in [5.41, 5.74) is 3.32. The van der Waals surface area contributed by atoms with Gasteiger partial charge in [0.05, 0.1) is 18.2 Å². The van der Waals surface area contributed by atoms with Crippen LogP contribution in [-0.2, 0) is 14.3 Å². The highest BCUT2D eigenvalue weighted by Gasteiger charge is 2.24. The van der Waals surface area contributed by atoms with Crippen LogP contribution in [0, 0.1) is 27.7 Å². The smallest absolute Gasteiger partial charge is 0.341 e. The molecule has 2 aromatic heterocycles. The topological polar surface area (TPSA) is 86.6 Å². The summed E-state index contributed by atoms with van der Waals surface area (Å²) < 4.78 is 12.6. The number of hydrogen-bond donors (Lipinski definition) is 1. The minimum atomic E-state index is -0.620. The lowest BCUT2D eigenvalue weighted by Crippen LogP contribution is -2.18. The number of carbonyl (C=O) groups excluding carboxylic acids is 3. The summed E-state index contributed by atoms with van der Waals surface area (Å²) in [6, 6.07) is 1.89. The Morgan fingerprint density at radius 2 is 1.86 bits per heavy atom. The molecule has 158 valence electrons. The molecule has 7 nitrogen and oxygen atoms in total. The van der Waals surface area contributed by atoms with Crippen molar-refractivity contribution in [1.82, 2.24) is 4.57 Å². The van der Waals surface area contributed by atoms with Crippen LogP contribution >= 0.6 is 11.3 Å². The molecule has 2 heterocycles. The maximum Gasteiger partial charge on any atom is 0.341 e. The number of nitrogens with one attached hydrogen (secondary N) is 1. The molecule has 0 spiro atoms. The van der Waals surface area contributed by atoms with E-state index in [1.807, 2.05) is 32.3 Å². The molecule has 2 aromatic rings. The van der Waals surface area contributed by atoms with Crippen LogP contribution in [0.2, 0.25) is 0 Å². The Morgan fingerprint density at radius 3 is 2.45 bits per heavy atom. The SMILES string of the molecule is COC[C@H](C)n1c(C)cc(C(=O)COC(=O)c2c(NC(C)=O)sc(C)c2C)c1C. The Morgan fingerprint density at radius 1 is 1.21 bits per heavy atom. The molecular formula is C21H28N2O5S. The lowest BCUT2D eigenvalue weighted by molar-refractivity contribution is -0.114. The summed E-state index contributed by atoms with van der Waals surface area (Å²) in [5, 5.41) is 3.10. The molecule has 1 atom stereocenters. The number of methoxy groups -OCH3 is 1. The van der Waals surface area contributed by atoms with Crippen LogP contribution in [0.3, 0.4) is 0 Å². The maximum atomic E-state index is 12.7. The van der Waals surface area contributed by atoms with Gasteiger partial charge in [0.25, 0.3) is 0 Å². The Kier molecular flexibility index (Phi) is 7.37. The standard InChI is InChI=1S/C21H28N2O5S/c1-11-8-17(14(4)23(11)12(2)9-27-7)18(25)10-28-21(26)19-13(3)15(5)29-20(19)22-16(6)24/h8,12H,9-10H2,1-7H3,(H,22,24)/t12-/m0/s1. The third kappa shape index (κ3) is 4.94. The van der Waals surface area contributed by atoms with Crippen molar-refractivity contribution in [2.24, 2.45) is 0 Å². The van der Waals surface area contributed by atoms with E-state index in [0.29, 0.717) is 22.7 Å². The number of nitrogens with zero attached hydrogens (tertiary/aromatic N) is 1. The Hall–Kier alpha value is -2.45. The highest BCUT2D eigenvalue weighted by atomic mass is 32.1. The van der Waals surface area contributed by atoms with E-state index >= 15 is 0 Å². The average molecular weight is 421 g/mol. The van der Waals surface area contributed by atoms with E-state index in [9.17, 15) is 14.4 Å². The van der Waals surface area contributed by atoms with E-state index in [2.05, 4.69) is 5.32 Å². The van der Waals surface area contributed by atoms with E-state index in [1.165, 1.54) is 18.3 Å². The van der Waals surface area contributed by atoms with Crippen molar-refractivity contribution in [3.05, 3.63) is 39.0 Å².